The Morgan fingerprint density at radius 1 is 1.03 bits per heavy atom. The molecule has 4 atom stereocenters. The van der Waals surface area contributed by atoms with E-state index in [4.69, 9.17) is 5.26 Å². The fourth-order valence-corrected chi connectivity index (χ4v) is 3.58. The minimum Gasteiger partial charge on any atom is -0.356 e. The van der Waals surface area contributed by atoms with Gasteiger partial charge >= 0.3 is 0 Å². The lowest BCUT2D eigenvalue weighted by Crippen LogP contribution is -2.48. The van der Waals surface area contributed by atoms with Crippen molar-refractivity contribution >= 4 is 18.6 Å². The van der Waals surface area contributed by atoms with E-state index in [1.165, 1.54) is 0 Å². The van der Waals surface area contributed by atoms with Crippen molar-refractivity contribution in [3.05, 3.63) is 0 Å². The van der Waals surface area contributed by atoms with E-state index in [1.807, 2.05) is 13.8 Å². The molecule has 0 saturated carbocycles. The van der Waals surface area contributed by atoms with E-state index in [2.05, 4.69) is 22.0 Å². The average Bonchev–Trinajstić information content (AvgIpc) is 2.73. The molecule has 0 aliphatic rings. The van der Waals surface area contributed by atoms with Gasteiger partial charge in [0.1, 0.15) is 6.29 Å². The van der Waals surface area contributed by atoms with Gasteiger partial charge in [-0.2, -0.15) is 5.26 Å². The highest BCUT2D eigenvalue weighted by Gasteiger charge is 2.26. The minimum absolute atomic E-state index is 0.0626. The molecule has 0 fully saturated rings. The summed E-state index contributed by atoms with van der Waals surface area (Å²) in [5.74, 6) is 0.273. The quantitative estimate of drug-likeness (QED) is 0.228. The van der Waals surface area contributed by atoms with Crippen LogP contribution < -0.4 is 16.0 Å². The maximum absolute atomic E-state index is 12.8. The van der Waals surface area contributed by atoms with Gasteiger partial charge < -0.3 is 25.6 Å². The van der Waals surface area contributed by atoms with Crippen LogP contribution in [0.4, 0.5) is 0 Å². The standard InChI is InChI=1S/C22H41N5O3/c1-17(2)13-20(15-28)27(5)22(30)21(25-4)12-7-6-9-18(26-16-29)10-8-11-19(14-23)24-3/h15-21,24-25H,6-13H2,1-5H3,(H,26,29)/t18?,19?,20-,21?/m1/s1. The van der Waals surface area contributed by atoms with Gasteiger partial charge in [0.25, 0.3) is 0 Å². The van der Waals surface area contributed by atoms with Crippen LogP contribution in [0.25, 0.3) is 0 Å². The van der Waals surface area contributed by atoms with Crippen LogP contribution in [-0.4, -0.2) is 68.8 Å². The Balaban J connectivity index is 4.48. The molecule has 172 valence electrons. The van der Waals surface area contributed by atoms with E-state index in [9.17, 15) is 14.4 Å². The van der Waals surface area contributed by atoms with Gasteiger partial charge in [0.05, 0.1) is 24.2 Å². The summed E-state index contributed by atoms with van der Waals surface area (Å²) in [6, 6.07) is 1.40. The number of likely N-dealkylation sites (N-methyl/N-ethyl adjacent to an activating group) is 2. The Bertz CT molecular complexity index is 535. The lowest BCUT2D eigenvalue weighted by Gasteiger charge is -2.29. The highest BCUT2D eigenvalue weighted by molar-refractivity contribution is 5.84. The topological polar surface area (TPSA) is 114 Å². The van der Waals surface area contributed by atoms with E-state index in [0.29, 0.717) is 18.8 Å². The minimum atomic E-state index is -0.399. The Morgan fingerprint density at radius 3 is 2.17 bits per heavy atom. The molecule has 0 rings (SSSR count). The lowest BCUT2D eigenvalue weighted by molar-refractivity contribution is -0.137. The first-order valence-corrected chi connectivity index (χ1v) is 11.0. The van der Waals surface area contributed by atoms with E-state index < -0.39 is 6.04 Å². The number of carbonyl (C=O) groups excluding carboxylic acids is 3. The second-order valence-corrected chi connectivity index (χ2v) is 8.29. The Kier molecular flexibility index (Phi) is 15.7. The van der Waals surface area contributed by atoms with Crippen LogP contribution in [0.1, 0.15) is 65.2 Å². The molecule has 0 spiro atoms. The number of nitrogens with one attached hydrogen (secondary N) is 3. The van der Waals surface area contributed by atoms with Gasteiger partial charge in [-0.05, 0) is 58.5 Å². The fourth-order valence-electron chi connectivity index (χ4n) is 3.58. The summed E-state index contributed by atoms with van der Waals surface area (Å²) in [7, 11) is 5.23. The molecule has 0 bridgehead atoms. The first-order valence-electron chi connectivity index (χ1n) is 11.0. The van der Waals surface area contributed by atoms with Crippen molar-refractivity contribution in [3.8, 4) is 6.07 Å². The molecule has 3 unspecified atom stereocenters. The molecule has 0 radical (unpaired) electrons. The second kappa shape index (κ2) is 16.8. The smallest absolute Gasteiger partial charge is 0.240 e. The second-order valence-electron chi connectivity index (χ2n) is 8.29. The number of hydrogen-bond donors (Lipinski definition) is 3. The molecule has 0 aliphatic carbocycles. The van der Waals surface area contributed by atoms with Crippen LogP contribution in [-0.2, 0) is 14.4 Å². The molecule has 3 N–H and O–H groups in total. The van der Waals surface area contributed by atoms with Gasteiger partial charge in [-0.25, -0.2) is 0 Å². The van der Waals surface area contributed by atoms with Crippen LogP contribution in [0.3, 0.4) is 0 Å². The molecule has 0 aromatic rings. The third kappa shape index (κ3) is 11.3. The Morgan fingerprint density at radius 2 is 1.67 bits per heavy atom. The zero-order valence-corrected chi connectivity index (χ0v) is 19.3. The van der Waals surface area contributed by atoms with Crippen LogP contribution in [0, 0.1) is 17.2 Å². The number of nitrogens with zero attached hydrogens (tertiary/aromatic N) is 2. The molecule has 30 heavy (non-hydrogen) atoms. The molecule has 8 nitrogen and oxygen atoms in total. The Labute approximate surface area is 182 Å². The number of amides is 2. The maximum atomic E-state index is 12.8. The third-order valence-corrected chi connectivity index (χ3v) is 5.51. The van der Waals surface area contributed by atoms with Crippen molar-refractivity contribution in [2.45, 2.75) is 89.4 Å². The van der Waals surface area contributed by atoms with Crippen LogP contribution in [0.15, 0.2) is 0 Å². The van der Waals surface area contributed by atoms with Crippen molar-refractivity contribution in [1.29, 1.82) is 5.26 Å². The summed E-state index contributed by atoms with van der Waals surface area (Å²) < 4.78 is 0. The highest BCUT2D eigenvalue weighted by Crippen LogP contribution is 2.14. The predicted molar refractivity (Wildman–Crippen MR) is 119 cm³/mol. The third-order valence-electron chi connectivity index (χ3n) is 5.51. The van der Waals surface area contributed by atoms with Crippen molar-refractivity contribution in [1.82, 2.24) is 20.9 Å². The van der Waals surface area contributed by atoms with Crippen LogP contribution in [0.5, 0.6) is 0 Å². The van der Waals surface area contributed by atoms with Gasteiger partial charge in [0.15, 0.2) is 0 Å². The molecule has 0 aromatic heterocycles. The zero-order valence-electron chi connectivity index (χ0n) is 19.3. The monoisotopic (exact) mass is 423 g/mol. The summed E-state index contributed by atoms with van der Waals surface area (Å²) in [5, 5.41) is 17.9. The SMILES string of the molecule is CNC(C#N)CCCC(CCCCC(NC)C(=O)N(C)[C@@H](C=O)CC(C)C)NC=O. The van der Waals surface area contributed by atoms with Crippen molar-refractivity contribution in [2.75, 3.05) is 21.1 Å². The molecule has 0 saturated heterocycles. The molecule has 0 aromatic carbocycles. The van der Waals surface area contributed by atoms with Crippen LogP contribution in [0.2, 0.25) is 0 Å². The molecular weight excluding hydrogens is 382 g/mol. The molecule has 8 heteroatoms. The summed E-state index contributed by atoms with van der Waals surface area (Å²) in [6.45, 7) is 4.07. The number of nitriles is 1. The summed E-state index contributed by atoms with van der Waals surface area (Å²) >= 11 is 0. The summed E-state index contributed by atoms with van der Waals surface area (Å²) in [4.78, 5) is 36.6. The lowest BCUT2D eigenvalue weighted by atomic mass is 9.99. The highest BCUT2D eigenvalue weighted by atomic mass is 16.2. The number of rotatable bonds is 18. The predicted octanol–water partition coefficient (Wildman–Crippen LogP) is 1.60. The van der Waals surface area contributed by atoms with Gasteiger partial charge in [-0.15, -0.1) is 0 Å². The van der Waals surface area contributed by atoms with E-state index in [1.54, 1.807) is 26.0 Å². The van der Waals surface area contributed by atoms with Crippen molar-refractivity contribution in [2.24, 2.45) is 5.92 Å². The summed E-state index contributed by atoms with van der Waals surface area (Å²) in [5.41, 5.74) is 0. The van der Waals surface area contributed by atoms with Gasteiger partial charge in [0, 0.05) is 13.1 Å². The van der Waals surface area contributed by atoms with E-state index in [-0.39, 0.29) is 24.0 Å². The number of unbranched alkanes of at least 4 members (excludes halogenated alkanes) is 1. The first-order chi connectivity index (χ1) is 14.3. The zero-order chi connectivity index (χ0) is 22.9. The number of hydrogen-bond acceptors (Lipinski definition) is 6. The van der Waals surface area contributed by atoms with Crippen molar-refractivity contribution < 1.29 is 14.4 Å². The molecule has 0 heterocycles. The van der Waals surface area contributed by atoms with Gasteiger partial charge in [-0.3, -0.25) is 9.59 Å². The Hall–Kier alpha value is -1.98. The molecular formula is C22H41N5O3. The van der Waals surface area contributed by atoms with Crippen LogP contribution >= 0.6 is 0 Å². The van der Waals surface area contributed by atoms with E-state index in [0.717, 1.165) is 51.2 Å². The van der Waals surface area contributed by atoms with Crippen molar-refractivity contribution in [3.63, 3.8) is 0 Å². The normalized spacial score (nSPS) is 15.0. The molecule has 2 amide bonds. The molecule has 0 aliphatic heterocycles. The summed E-state index contributed by atoms with van der Waals surface area (Å²) in [6.07, 6.45) is 7.91. The fraction of sp³-hybridized carbons (Fsp3) is 0.818. The largest absolute Gasteiger partial charge is 0.356 e. The average molecular weight is 424 g/mol. The van der Waals surface area contributed by atoms with E-state index >= 15 is 0 Å². The first kappa shape index (κ1) is 28.0. The number of carbonyl (C=O) groups is 3. The maximum Gasteiger partial charge on any atom is 0.240 e. The number of aldehydes is 1. The van der Waals surface area contributed by atoms with Gasteiger partial charge in [-0.1, -0.05) is 26.7 Å². The van der Waals surface area contributed by atoms with Gasteiger partial charge in [0.2, 0.25) is 12.3 Å².